The van der Waals surface area contributed by atoms with Gasteiger partial charge >= 0.3 is 0 Å². The molecule has 0 radical (unpaired) electrons. The molecule has 0 bridgehead atoms. The van der Waals surface area contributed by atoms with Crippen LogP contribution in [0.1, 0.15) is 13.3 Å². The van der Waals surface area contributed by atoms with Gasteiger partial charge in [0.15, 0.2) is 0 Å². The van der Waals surface area contributed by atoms with E-state index >= 15 is 0 Å². The molecule has 1 saturated heterocycles. The number of rotatable bonds is 2. The van der Waals surface area contributed by atoms with Crippen LogP contribution in [0.2, 0.25) is 0 Å². The van der Waals surface area contributed by atoms with E-state index in [0.29, 0.717) is 12.2 Å². The van der Waals surface area contributed by atoms with Crippen molar-refractivity contribution in [3.8, 4) is 6.07 Å². The maximum atomic E-state index is 11.6. The fourth-order valence-corrected chi connectivity index (χ4v) is 1.47. The number of carbonyl (C=O) groups is 1. The Morgan fingerprint density at radius 3 is 2.71 bits per heavy atom. The van der Waals surface area contributed by atoms with Crippen LogP contribution in [-0.2, 0) is 4.79 Å². The van der Waals surface area contributed by atoms with Crippen molar-refractivity contribution in [2.45, 2.75) is 13.3 Å². The molecule has 4 heteroatoms. The first-order valence-corrected chi connectivity index (χ1v) is 4.66. The van der Waals surface area contributed by atoms with Crippen molar-refractivity contribution < 1.29 is 4.79 Å². The second-order valence-electron chi connectivity index (χ2n) is 3.77. The van der Waals surface area contributed by atoms with E-state index in [1.807, 2.05) is 21.0 Å². The van der Waals surface area contributed by atoms with Crippen LogP contribution in [0, 0.1) is 17.2 Å². The highest BCUT2D eigenvalue weighted by Crippen LogP contribution is 2.21. The molecule has 1 atom stereocenters. The average Bonchev–Trinajstić information content (AvgIpc) is 2.44. The Bertz CT molecular complexity index is 301. The topological polar surface area (TPSA) is 47.3 Å². The summed E-state index contributed by atoms with van der Waals surface area (Å²) < 4.78 is 0. The summed E-state index contributed by atoms with van der Waals surface area (Å²) in [5.74, 6) is 0.105. The third-order valence-corrected chi connectivity index (χ3v) is 2.26. The molecule has 1 aliphatic heterocycles. The lowest BCUT2D eigenvalue weighted by molar-refractivity contribution is -0.128. The van der Waals surface area contributed by atoms with E-state index in [0.717, 1.165) is 6.42 Å². The number of hydrogen-bond acceptors (Lipinski definition) is 3. The van der Waals surface area contributed by atoms with E-state index in [1.165, 1.54) is 0 Å². The molecular formula is C10H15N3O. The molecule has 76 valence electrons. The van der Waals surface area contributed by atoms with Crippen LogP contribution >= 0.6 is 0 Å². The Morgan fingerprint density at radius 2 is 2.36 bits per heavy atom. The molecule has 1 amide bonds. The van der Waals surface area contributed by atoms with E-state index in [4.69, 9.17) is 5.26 Å². The highest BCUT2D eigenvalue weighted by Gasteiger charge is 2.30. The lowest BCUT2D eigenvalue weighted by Gasteiger charge is -2.16. The van der Waals surface area contributed by atoms with Gasteiger partial charge in [-0.15, -0.1) is 0 Å². The molecule has 1 aliphatic rings. The highest BCUT2D eigenvalue weighted by molar-refractivity contribution is 5.82. The van der Waals surface area contributed by atoms with Crippen molar-refractivity contribution in [1.82, 2.24) is 9.80 Å². The first-order valence-electron chi connectivity index (χ1n) is 4.66. The number of hydrogen-bond donors (Lipinski definition) is 0. The minimum atomic E-state index is 0.0499. The van der Waals surface area contributed by atoms with Gasteiger partial charge < -0.3 is 9.80 Å². The molecule has 1 heterocycles. The minimum Gasteiger partial charge on any atom is -0.381 e. The Morgan fingerprint density at radius 1 is 1.71 bits per heavy atom. The van der Waals surface area contributed by atoms with Crippen LogP contribution in [0.4, 0.5) is 0 Å². The van der Waals surface area contributed by atoms with Gasteiger partial charge in [0, 0.05) is 32.8 Å². The molecule has 0 N–H and O–H groups in total. The van der Waals surface area contributed by atoms with Crippen LogP contribution < -0.4 is 0 Å². The number of carbonyl (C=O) groups excluding carboxylic acids is 1. The largest absolute Gasteiger partial charge is 0.381 e. The summed E-state index contributed by atoms with van der Waals surface area (Å²) in [7, 11) is 3.67. The molecule has 1 rings (SSSR count). The van der Waals surface area contributed by atoms with Gasteiger partial charge in [-0.1, -0.05) is 6.92 Å². The van der Waals surface area contributed by atoms with Gasteiger partial charge in [-0.25, -0.2) is 0 Å². The summed E-state index contributed by atoms with van der Waals surface area (Å²) in [5, 5.41) is 8.90. The molecule has 0 aromatic heterocycles. The van der Waals surface area contributed by atoms with Gasteiger partial charge in [-0.05, 0) is 6.42 Å². The van der Waals surface area contributed by atoms with Gasteiger partial charge in [-0.3, -0.25) is 4.79 Å². The van der Waals surface area contributed by atoms with Crippen molar-refractivity contribution in [2.75, 3.05) is 20.6 Å². The van der Waals surface area contributed by atoms with Crippen LogP contribution in [-0.4, -0.2) is 36.3 Å². The fraction of sp³-hybridized carbons (Fsp3) is 0.600. The summed E-state index contributed by atoms with van der Waals surface area (Å²) >= 11 is 0. The molecular weight excluding hydrogens is 178 g/mol. The Labute approximate surface area is 84.4 Å². The molecule has 14 heavy (non-hydrogen) atoms. The zero-order valence-electron chi connectivity index (χ0n) is 8.82. The molecule has 1 fully saturated rings. The van der Waals surface area contributed by atoms with Crippen LogP contribution in [0.15, 0.2) is 11.9 Å². The van der Waals surface area contributed by atoms with Gasteiger partial charge in [0.2, 0.25) is 5.91 Å². The highest BCUT2D eigenvalue weighted by atomic mass is 16.2. The molecule has 1 unspecified atom stereocenters. The van der Waals surface area contributed by atoms with Crippen LogP contribution in [0.3, 0.4) is 0 Å². The standard InChI is InChI=1S/C10H15N3O/c1-8-4-5-13(10(8)14)9(6-11)7-12(2)3/h7-8H,4-5H2,1-3H3/b9-7+. The Balaban J connectivity index is 2.83. The SMILES string of the molecule is CC1CCN(/C(C#N)=C/N(C)C)C1=O. The third kappa shape index (κ3) is 2.05. The molecule has 0 saturated carbocycles. The summed E-state index contributed by atoms with van der Waals surface area (Å²) in [4.78, 5) is 14.9. The van der Waals surface area contributed by atoms with E-state index in [1.54, 1.807) is 16.0 Å². The quantitative estimate of drug-likeness (QED) is 0.609. The van der Waals surface area contributed by atoms with Crippen molar-refractivity contribution >= 4 is 5.91 Å². The average molecular weight is 193 g/mol. The molecule has 0 aromatic rings. The molecule has 0 aliphatic carbocycles. The predicted molar refractivity (Wildman–Crippen MR) is 52.9 cm³/mol. The first-order chi connectivity index (χ1) is 6.56. The molecule has 0 aromatic carbocycles. The number of nitrogens with zero attached hydrogens (tertiary/aromatic N) is 3. The number of amides is 1. The van der Waals surface area contributed by atoms with Gasteiger partial charge in [-0.2, -0.15) is 5.26 Å². The van der Waals surface area contributed by atoms with Crippen molar-refractivity contribution in [1.29, 1.82) is 5.26 Å². The lowest BCUT2D eigenvalue weighted by Crippen LogP contribution is -2.26. The summed E-state index contributed by atoms with van der Waals surface area (Å²) in [6.07, 6.45) is 2.52. The molecule has 0 spiro atoms. The van der Waals surface area contributed by atoms with Gasteiger partial charge in [0.25, 0.3) is 0 Å². The second kappa shape index (κ2) is 4.14. The third-order valence-electron chi connectivity index (χ3n) is 2.26. The van der Waals surface area contributed by atoms with Crippen molar-refractivity contribution in [2.24, 2.45) is 5.92 Å². The second-order valence-corrected chi connectivity index (χ2v) is 3.77. The number of nitriles is 1. The van der Waals surface area contributed by atoms with Gasteiger partial charge in [0.05, 0.1) is 0 Å². The lowest BCUT2D eigenvalue weighted by atomic mass is 10.1. The smallest absolute Gasteiger partial charge is 0.230 e. The Hall–Kier alpha value is -1.50. The van der Waals surface area contributed by atoms with E-state index in [2.05, 4.69) is 6.07 Å². The molecule has 4 nitrogen and oxygen atoms in total. The fourth-order valence-electron chi connectivity index (χ4n) is 1.47. The maximum Gasteiger partial charge on any atom is 0.230 e. The van der Waals surface area contributed by atoms with E-state index < -0.39 is 0 Å². The Kier molecular flexibility index (Phi) is 3.13. The predicted octanol–water partition coefficient (Wildman–Crippen LogP) is 0.781. The zero-order valence-corrected chi connectivity index (χ0v) is 8.82. The number of allylic oxidation sites excluding steroid dienone is 1. The first kappa shape index (κ1) is 10.6. The normalized spacial score (nSPS) is 22.4. The zero-order chi connectivity index (χ0) is 10.7. The minimum absolute atomic E-state index is 0.0499. The number of likely N-dealkylation sites (tertiary alicyclic amines) is 1. The van der Waals surface area contributed by atoms with Gasteiger partial charge in [0.1, 0.15) is 11.8 Å². The van der Waals surface area contributed by atoms with Crippen molar-refractivity contribution in [3.05, 3.63) is 11.9 Å². The van der Waals surface area contributed by atoms with E-state index in [-0.39, 0.29) is 11.8 Å². The summed E-state index contributed by atoms with van der Waals surface area (Å²) in [6, 6.07) is 2.05. The monoisotopic (exact) mass is 193 g/mol. The maximum absolute atomic E-state index is 11.6. The summed E-state index contributed by atoms with van der Waals surface area (Å²) in [5.41, 5.74) is 0.435. The van der Waals surface area contributed by atoms with Crippen molar-refractivity contribution in [3.63, 3.8) is 0 Å². The van der Waals surface area contributed by atoms with Crippen LogP contribution in [0.5, 0.6) is 0 Å². The van der Waals surface area contributed by atoms with E-state index in [9.17, 15) is 4.79 Å². The van der Waals surface area contributed by atoms with Crippen LogP contribution in [0.25, 0.3) is 0 Å². The summed E-state index contributed by atoms with van der Waals surface area (Å²) in [6.45, 7) is 2.56.